The molecule has 5 aromatic rings. The van der Waals surface area contributed by atoms with Gasteiger partial charge >= 0.3 is 5.97 Å². The molecule has 6 atom stereocenters. The second kappa shape index (κ2) is 12.1. The van der Waals surface area contributed by atoms with Crippen LogP contribution in [0.25, 0.3) is 16.3 Å². The lowest BCUT2D eigenvalue weighted by Gasteiger charge is -2.55. The maximum absolute atomic E-state index is 15.3. The topological polar surface area (TPSA) is 129 Å². The van der Waals surface area contributed by atoms with Crippen molar-refractivity contribution in [3.05, 3.63) is 161 Å². The van der Waals surface area contributed by atoms with Crippen LogP contribution >= 0.6 is 0 Å². The standard InChI is InChI=1S/C45H33NO7/c47-37-24-34(25-10-3-1-4-11-25)41(49)36-23-35-31(20-21-32-38(35)43(51)46(42(32)50)29-16-9-13-27(22-29)44(52)53)39(45(36,37)28-14-5-2-6-15-28)33-19-18-26-12-7-8-17-30(26)40(33)48/h1-20,22,24,32,35-36,38-39,48H,21,23H2,(H,52,53)/t32-,35+,36-,38-,39+,45-/m0/s1. The van der Waals surface area contributed by atoms with Crippen molar-refractivity contribution in [3.8, 4) is 5.75 Å². The molecule has 1 aliphatic heterocycles. The number of allylic oxidation sites excluding steroid dienone is 4. The summed E-state index contributed by atoms with van der Waals surface area (Å²) in [5, 5.41) is 23.2. The summed E-state index contributed by atoms with van der Waals surface area (Å²) in [6.45, 7) is 0. The SMILES string of the molecule is O=C(O)c1cccc(N2C(=O)[C@H]3[C@H](CC=C4[C@H]3C[C@H]3C(=O)C(c5ccccc5)=CC(=O)[C@@]3(c3ccccc3)[C@H]4c3ccc4ccccc4c3O)C2=O)c1. The molecule has 2 fully saturated rings. The van der Waals surface area contributed by atoms with Crippen LogP contribution in [0.5, 0.6) is 5.75 Å². The first-order valence-corrected chi connectivity index (χ1v) is 17.7. The van der Waals surface area contributed by atoms with E-state index in [1.165, 1.54) is 24.3 Å². The second-order valence-electron chi connectivity index (χ2n) is 14.4. The average Bonchev–Trinajstić information content (AvgIpc) is 3.45. The van der Waals surface area contributed by atoms with Crippen LogP contribution in [-0.2, 0) is 24.6 Å². The fourth-order valence-corrected chi connectivity index (χ4v) is 9.76. The van der Waals surface area contributed by atoms with E-state index < -0.39 is 52.8 Å². The van der Waals surface area contributed by atoms with Crippen LogP contribution in [0, 0.1) is 23.7 Å². The third kappa shape index (κ3) is 4.64. The van der Waals surface area contributed by atoms with Crippen LogP contribution in [0.1, 0.15) is 45.8 Å². The van der Waals surface area contributed by atoms with Crippen molar-refractivity contribution in [1.29, 1.82) is 0 Å². The van der Waals surface area contributed by atoms with Gasteiger partial charge in [-0.25, -0.2) is 4.79 Å². The molecule has 1 heterocycles. The second-order valence-corrected chi connectivity index (χ2v) is 14.4. The summed E-state index contributed by atoms with van der Waals surface area (Å²) >= 11 is 0. The van der Waals surface area contributed by atoms with Crippen LogP contribution in [0.4, 0.5) is 5.69 Å². The van der Waals surface area contributed by atoms with Gasteiger partial charge in [-0.05, 0) is 59.5 Å². The van der Waals surface area contributed by atoms with Gasteiger partial charge in [0.05, 0.1) is 28.5 Å². The zero-order valence-corrected chi connectivity index (χ0v) is 28.4. The maximum atomic E-state index is 15.3. The highest BCUT2D eigenvalue weighted by atomic mass is 16.4. The minimum atomic E-state index is -1.48. The number of fused-ring (bicyclic) bond motifs is 5. The first kappa shape index (κ1) is 32.5. The number of rotatable bonds is 5. The molecule has 2 amide bonds. The number of phenolic OH excluding ortho intramolecular Hbond substituents is 1. The number of carbonyl (C=O) groups is 5. The van der Waals surface area contributed by atoms with Crippen LogP contribution in [0.2, 0.25) is 0 Å². The molecule has 9 rings (SSSR count). The fraction of sp³-hybridized carbons (Fsp3) is 0.178. The number of nitrogens with zero attached hydrogens (tertiary/aromatic N) is 1. The van der Waals surface area contributed by atoms with E-state index in [0.717, 1.165) is 15.9 Å². The number of carboxylic acid groups (broad SMARTS) is 1. The molecular formula is C45H33NO7. The summed E-state index contributed by atoms with van der Waals surface area (Å²) < 4.78 is 0. The first-order chi connectivity index (χ1) is 25.7. The highest BCUT2D eigenvalue weighted by molar-refractivity contribution is 6.32. The van der Waals surface area contributed by atoms with E-state index in [-0.39, 0.29) is 47.0 Å². The third-order valence-corrected chi connectivity index (χ3v) is 12.0. The number of phenols is 1. The predicted molar refractivity (Wildman–Crippen MR) is 198 cm³/mol. The molecule has 0 spiro atoms. The molecule has 0 bridgehead atoms. The van der Waals surface area contributed by atoms with Crippen molar-refractivity contribution in [2.75, 3.05) is 4.90 Å². The number of benzene rings is 5. The number of imide groups is 1. The van der Waals surface area contributed by atoms with Gasteiger partial charge in [-0.3, -0.25) is 24.1 Å². The molecule has 5 aromatic carbocycles. The van der Waals surface area contributed by atoms with E-state index in [1.807, 2.05) is 91.0 Å². The van der Waals surface area contributed by atoms with Crippen LogP contribution in [-0.4, -0.2) is 39.6 Å². The molecule has 1 saturated heterocycles. The number of carboxylic acids is 1. The number of ketones is 2. The normalized spacial score (nSPS) is 26.4. The third-order valence-electron chi connectivity index (χ3n) is 12.0. The van der Waals surface area contributed by atoms with Crippen molar-refractivity contribution < 1.29 is 34.2 Å². The highest BCUT2D eigenvalue weighted by Gasteiger charge is 2.66. The lowest BCUT2D eigenvalue weighted by atomic mass is 9.44. The monoisotopic (exact) mass is 699 g/mol. The van der Waals surface area contributed by atoms with Gasteiger partial charge in [0.1, 0.15) is 5.75 Å². The Bertz CT molecular complexity index is 2470. The minimum Gasteiger partial charge on any atom is -0.507 e. The van der Waals surface area contributed by atoms with E-state index in [0.29, 0.717) is 22.1 Å². The molecule has 260 valence electrons. The van der Waals surface area contributed by atoms with Crippen molar-refractivity contribution in [2.24, 2.45) is 23.7 Å². The lowest BCUT2D eigenvalue weighted by molar-refractivity contribution is -0.135. The average molecular weight is 700 g/mol. The summed E-state index contributed by atoms with van der Waals surface area (Å²) in [4.78, 5) is 72.1. The summed E-state index contributed by atoms with van der Waals surface area (Å²) in [7, 11) is 0. The smallest absolute Gasteiger partial charge is 0.335 e. The number of hydrogen-bond acceptors (Lipinski definition) is 6. The Balaban J connectivity index is 1.29. The number of aromatic hydroxyl groups is 1. The molecule has 0 aromatic heterocycles. The van der Waals surface area contributed by atoms with Crippen molar-refractivity contribution in [3.63, 3.8) is 0 Å². The molecule has 2 N–H and O–H groups in total. The maximum Gasteiger partial charge on any atom is 0.335 e. The fourth-order valence-electron chi connectivity index (χ4n) is 9.76. The van der Waals surface area contributed by atoms with E-state index in [9.17, 15) is 24.6 Å². The largest absolute Gasteiger partial charge is 0.507 e. The van der Waals surface area contributed by atoms with Gasteiger partial charge in [0.15, 0.2) is 11.6 Å². The van der Waals surface area contributed by atoms with E-state index in [4.69, 9.17) is 0 Å². The van der Waals surface area contributed by atoms with Gasteiger partial charge in [-0.2, -0.15) is 0 Å². The zero-order chi connectivity index (χ0) is 36.6. The molecule has 4 aliphatic rings. The molecule has 0 unspecified atom stereocenters. The van der Waals surface area contributed by atoms with Gasteiger partial charge in [-0.15, -0.1) is 0 Å². The van der Waals surface area contributed by atoms with Crippen molar-refractivity contribution >= 4 is 51.4 Å². The summed E-state index contributed by atoms with van der Waals surface area (Å²) in [5.74, 6) is -6.69. The number of carbonyl (C=O) groups excluding carboxylic acids is 4. The van der Waals surface area contributed by atoms with E-state index in [1.54, 1.807) is 18.2 Å². The molecule has 3 aliphatic carbocycles. The number of Topliss-reactive ketones (excluding diaryl/α,β-unsaturated/α-hetero) is 1. The quantitative estimate of drug-likeness (QED) is 0.146. The molecule has 8 heteroatoms. The minimum absolute atomic E-state index is 0.00940. The van der Waals surface area contributed by atoms with Gasteiger partial charge in [0.2, 0.25) is 11.8 Å². The van der Waals surface area contributed by atoms with E-state index >= 15 is 9.59 Å². The van der Waals surface area contributed by atoms with Crippen molar-refractivity contribution in [1.82, 2.24) is 0 Å². The highest BCUT2D eigenvalue weighted by Crippen LogP contribution is 2.64. The molecule has 8 nitrogen and oxygen atoms in total. The number of amides is 2. The van der Waals surface area contributed by atoms with Gasteiger partial charge in [0.25, 0.3) is 0 Å². The molecule has 0 radical (unpaired) electrons. The van der Waals surface area contributed by atoms with Gasteiger partial charge in [0, 0.05) is 28.4 Å². The molecule has 1 saturated carbocycles. The van der Waals surface area contributed by atoms with Crippen molar-refractivity contribution in [2.45, 2.75) is 24.2 Å². The number of anilines is 1. The Labute approximate surface area is 304 Å². The summed E-state index contributed by atoms with van der Waals surface area (Å²) in [5.41, 5.74) is 1.36. The first-order valence-electron chi connectivity index (χ1n) is 17.7. The Morgan fingerprint density at radius 2 is 1.47 bits per heavy atom. The lowest BCUT2D eigenvalue weighted by Crippen LogP contribution is -2.58. The number of hydrogen-bond donors (Lipinski definition) is 2. The van der Waals surface area contributed by atoms with Gasteiger partial charge < -0.3 is 10.2 Å². The summed E-state index contributed by atoms with van der Waals surface area (Å²) in [6, 6.07) is 35.2. The zero-order valence-electron chi connectivity index (χ0n) is 28.4. The Kier molecular flexibility index (Phi) is 7.41. The van der Waals surface area contributed by atoms with Gasteiger partial charge in [-0.1, -0.05) is 115 Å². The molecule has 53 heavy (non-hydrogen) atoms. The van der Waals surface area contributed by atoms with Crippen LogP contribution in [0.15, 0.2) is 139 Å². The Hall–Kier alpha value is -6.41. The summed E-state index contributed by atoms with van der Waals surface area (Å²) in [6.07, 6.45) is 3.72. The predicted octanol–water partition coefficient (Wildman–Crippen LogP) is 7.27. The Morgan fingerprint density at radius 3 is 2.23 bits per heavy atom. The van der Waals surface area contributed by atoms with Crippen LogP contribution in [0.3, 0.4) is 0 Å². The number of aromatic carboxylic acids is 1. The molecular weight excluding hydrogens is 666 g/mol. The Morgan fingerprint density at radius 1 is 0.755 bits per heavy atom. The van der Waals surface area contributed by atoms with E-state index in [2.05, 4.69) is 0 Å². The van der Waals surface area contributed by atoms with Crippen LogP contribution < -0.4 is 4.90 Å².